The molecule has 2 unspecified atom stereocenters. The van der Waals surface area contributed by atoms with Crippen LogP contribution in [0.5, 0.6) is 0 Å². The molecule has 1 amide bonds. The highest BCUT2D eigenvalue weighted by atomic mass is 16.3. The SMILES string of the molecule is C.C.[C-]#[N+][C@@H]1C[C@@H]2C[C@@H]2N1C(=O)[C@@H](N)C12CC3CC(CC(O)(C3)C1)C2. The average molecular weight is 348 g/mol. The van der Waals surface area contributed by atoms with Gasteiger partial charge in [0.05, 0.1) is 11.6 Å². The van der Waals surface area contributed by atoms with Crippen LogP contribution in [0.2, 0.25) is 0 Å². The van der Waals surface area contributed by atoms with Crippen molar-refractivity contribution in [1.29, 1.82) is 0 Å². The van der Waals surface area contributed by atoms with E-state index in [2.05, 4.69) is 4.85 Å². The fraction of sp³-hybridized carbons (Fsp3) is 0.900. The molecule has 6 rings (SSSR count). The Bertz CT molecular complexity index is 599. The Kier molecular flexibility index (Phi) is 4.25. The molecule has 5 heteroatoms. The van der Waals surface area contributed by atoms with Crippen LogP contribution in [0.4, 0.5) is 0 Å². The van der Waals surface area contributed by atoms with E-state index < -0.39 is 11.6 Å². The first kappa shape index (κ1) is 18.7. The number of carbonyl (C=O) groups excluding carboxylic acids is 1. The average Bonchev–Trinajstić information content (AvgIpc) is 3.14. The third-order valence-corrected chi connectivity index (χ3v) is 7.48. The van der Waals surface area contributed by atoms with E-state index in [0.29, 0.717) is 24.2 Å². The lowest BCUT2D eigenvalue weighted by molar-refractivity contribution is -0.177. The number of carbonyl (C=O) groups is 1. The summed E-state index contributed by atoms with van der Waals surface area (Å²) in [5, 5.41) is 10.9. The van der Waals surface area contributed by atoms with E-state index >= 15 is 0 Å². The fourth-order valence-electron chi connectivity index (χ4n) is 6.93. The number of aliphatic hydroxyl groups is 1. The van der Waals surface area contributed by atoms with Crippen LogP contribution in [0.15, 0.2) is 0 Å². The fourth-order valence-corrected chi connectivity index (χ4v) is 6.93. The van der Waals surface area contributed by atoms with Crippen molar-refractivity contribution >= 4 is 5.91 Å². The third kappa shape index (κ3) is 2.52. The van der Waals surface area contributed by atoms with Gasteiger partial charge in [-0.05, 0) is 68.1 Å². The lowest BCUT2D eigenvalue weighted by atomic mass is 9.46. The molecule has 4 bridgehead atoms. The van der Waals surface area contributed by atoms with Gasteiger partial charge in [0.1, 0.15) is 0 Å². The van der Waals surface area contributed by atoms with E-state index in [1.165, 1.54) is 6.42 Å². The zero-order valence-electron chi connectivity index (χ0n) is 13.4. The number of hydrogen-bond donors (Lipinski definition) is 2. The second-order valence-electron chi connectivity index (χ2n) is 9.18. The minimum absolute atomic E-state index is 0. The number of hydrogen-bond acceptors (Lipinski definition) is 3. The standard InChI is InChI=1S/C18H25N3O2.2CH4/c1-20-14-4-12-3-13(12)21(14)16(22)15(19)17-5-10-2-11(6-17)8-18(23,7-10)9-17;;/h10-15,23H,2-9,19H2;2*1H4/t10?,11?,12-,13-,14-,15+,17?,18?;;/m0../s1. The highest BCUT2D eigenvalue weighted by Crippen LogP contribution is 2.63. The molecule has 0 aromatic carbocycles. The first-order valence-electron chi connectivity index (χ1n) is 9.10. The van der Waals surface area contributed by atoms with Crippen molar-refractivity contribution in [2.24, 2.45) is 28.9 Å². The molecule has 0 aromatic rings. The van der Waals surface area contributed by atoms with Gasteiger partial charge < -0.3 is 10.8 Å². The Balaban J connectivity index is 0.000000911. The van der Waals surface area contributed by atoms with E-state index in [0.717, 1.165) is 38.5 Å². The Morgan fingerprint density at radius 3 is 2.36 bits per heavy atom. The molecular formula is C20H33N3O2. The largest absolute Gasteiger partial charge is 0.390 e. The molecule has 140 valence electrons. The van der Waals surface area contributed by atoms with Crippen molar-refractivity contribution in [3.8, 4) is 0 Å². The van der Waals surface area contributed by atoms with Gasteiger partial charge >= 0.3 is 6.17 Å². The molecule has 0 radical (unpaired) electrons. The monoisotopic (exact) mass is 347 g/mol. The number of amides is 1. The molecule has 0 aromatic heterocycles. The second kappa shape index (κ2) is 5.69. The summed E-state index contributed by atoms with van der Waals surface area (Å²) in [4.78, 5) is 18.6. The number of piperidine rings is 1. The van der Waals surface area contributed by atoms with E-state index in [1.807, 2.05) is 4.90 Å². The van der Waals surface area contributed by atoms with E-state index in [4.69, 9.17) is 12.3 Å². The van der Waals surface area contributed by atoms with Crippen LogP contribution in [0.1, 0.15) is 66.2 Å². The molecule has 5 nitrogen and oxygen atoms in total. The molecule has 5 saturated carbocycles. The smallest absolute Gasteiger partial charge is 0.301 e. The summed E-state index contributed by atoms with van der Waals surface area (Å²) in [6.07, 6.45) is 7.23. The van der Waals surface area contributed by atoms with Gasteiger partial charge in [0.2, 0.25) is 5.91 Å². The molecule has 3 N–H and O–H groups in total. The predicted octanol–water partition coefficient (Wildman–Crippen LogP) is 2.78. The second-order valence-corrected chi connectivity index (χ2v) is 9.18. The summed E-state index contributed by atoms with van der Waals surface area (Å²) in [6.45, 7) is 7.38. The quantitative estimate of drug-likeness (QED) is 0.755. The number of nitrogens with two attached hydrogens (primary N) is 1. The van der Waals surface area contributed by atoms with Gasteiger partial charge in [-0.25, -0.2) is 6.57 Å². The van der Waals surface area contributed by atoms with Crippen LogP contribution in [-0.4, -0.2) is 39.8 Å². The Hall–Kier alpha value is -1.12. The topological polar surface area (TPSA) is 70.9 Å². The lowest BCUT2D eigenvalue weighted by Gasteiger charge is -2.61. The zero-order valence-corrected chi connectivity index (χ0v) is 13.4. The molecule has 1 saturated heterocycles. The van der Waals surface area contributed by atoms with E-state index in [9.17, 15) is 9.90 Å². The van der Waals surface area contributed by atoms with Crippen LogP contribution >= 0.6 is 0 Å². The normalized spacial score (nSPS) is 49.5. The Morgan fingerprint density at radius 2 is 1.80 bits per heavy atom. The number of likely N-dealkylation sites (tertiary alicyclic amines) is 1. The molecule has 25 heavy (non-hydrogen) atoms. The van der Waals surface area contributed by atoms with Crippen molar-refractivity contribution in [1.82, 2.24) is 4.90 Å². The lowest BCUT2D eigenvalue weighted by Crippen LogP contribution is -2.64. The zero-order chi connectivity index (χ0) is 16.0. The van der Waals surface area contributed by atoms with Crippen molar-refractivity contribution < 1.29 is 9.90 Å². The van der Waals surface area contributed by atoms with E-state index in [1.54, 1.807) is 0 Å². The summed E-state index contributed by atoms with van der Waals surface area (Å²) in [5.74, 6) is 1.58. The maximum absolute atomic E-state index is 13.1. The van der Waals surface area contributed by atoms with Crippen molar-refractivity contribution in [3.63, 3.8) is 0 Å². The summed E-state index contributed by atoms with van der Waals surface area (Å²) >= 11 is 0. The number of fused-ring (bicyclic) bond motifs is 1. The van der Waals surface area contributed by atoms with Gasteiger partial charge in [-0.15, -0.1) is 0 Å². The van der Waals surface area contributed by atoms with E-state index in [-0.39, 0.29) is 38.4 Å². The Morgan fingerprint density at radius 1 is 1.16 bits per heavy atom. The van der Waals surface area contributed by atoms with Crippen LogP contribution < -0.4 is 5.73 Å². The summed E-state index contributed by atoms with van der Waals surface area (Å²) in [5.41, 5.74) is 5.73. The maximum Gasteiger partial charge on any atom is 0.301 e. The highest BCUT2D eigenvalue weighted by Gasteiger charge is 2.63. The number of nitrogens with zero attached hydrogens (tertiary/aromatic N) is 2. The Labute approximate surface area is 151 Å². The third-order valence-electron chi connectivity index (χ3n) is 7.48. The van der Waals surface area contributed by atoms with Crippen LogP contribution in [-0.2, 0) is 4.79 Å². The van der Waals surface area contributed by atoms with Crippen molar-refractivity contribution in [2.75, 3.05) is 0 Å². The molecule has 1 heterocycles. The first-order chi connectivity index (χ1) is 10.9. The molecule has 1 aliphatic heterocycles. The minimum Gasteiger partial charge on any atom is -0.390 e. The molecule has 6 fully saturated rings. The van der Waals surface area contributed by atoms with Gasteiger partial charge in [0.15, 0.2) is 0 Å². The molecule has 5 aliphatic carbocycles. The molecule has 0 spiro atoms. The van der Waals surface area contributed by atoms with Crippen LogP contribution in [0.3, 0.4) is 0 Å². The van der Waals surface area contributed by atoms with Gasteiger partial charge in [-0.3, -0.25) is 14.5 Å². The van der Waals surface area contributed by atoms with Crippen LogP contribution in [0, 0.1) is 29.7 Å². The maximum atomic E-state index is 13.1. The van der Waals surface area contributed by atoms with Crippen molar-refractivity contribution in [2.45, 2.75) is 90.1 Å². The minimum atomic E-state index is -0.589. The van der Waals surface area contributed by atoms with Crippen molar-refractivity contribution in [3.05, 3.63) is 11.4 Å². The molecule has 6 atom stereocenters. The van der Waals surface area contributed by atoms with Gasteiger partial charge in [-0.2, -0.15) is 0 Å². The predicted molar refractivity (Wildman–Crippen MR) is 97.3 cm³/mol. The summed E-state index contributed by atoms with van der Waals surface area (Å²) in [6, 6.07) is -0.270. The molecular weight excluding hydrogens is 314 g/mol. The van der Waals surface area contributed by atoms with Gasteiger partial charge in [0, 0.05) is 12.5 Å². The highest BCUT2D eigenvalue weighted by molar-refractivity contribution is 5.84. The number of rotatable bonds is 2. The van der Waals surface area contributed by atoms with Gasteiger partial charge in [0.25, 0.3) is 0 Å². The first-order valence-corrected chi connectivity index (χ1v) is 9.10. The van der Waals surface area contributed by atoms with Gasteiger partial charge in [-0.1, -0.05) is 14.9 Å². The summed E-state index contributed by atoms with van der Waals surface area (Å²) in [7, 11) is 0. The van der Waals surface area contributed by atoms with Crippen LogP contribution in [0.25, 0.3) is 4.85 Å². The molecule has 6 aliphatic rings. The summed E-state index contributed by atoms with van der Waals surface area (Å²) < 4.78 is 0.